The fourth-order valence-corrected chi connectivity index (χ4v) is 3.62. The molecule has 0 fully saturated rings. The molecule has 0 saturated heterocycles. The van der Waals surface area contributed by atoms with Gasteiger partial charge in [0.2, 0.25) is 11.7 Å². The van der Waals surface area contributed by atoms with Crippen LogP contribution in [-0.4, -0.2) is 16.3 Å². The Kier molecular flexibility index (Phi) is 4.54. The highest BCUT2D eigenvalue weighted by Crippen LogP contribution is 2.33. The molecule has 4 nitrogen and oxygen atoms in total. The van der Waals surface area contributed by atoms with E-state index < -0.39 is 11.7 Å². The van der Waals surface area contributed by atoms with Crippen LogP contribution in [0.25, 0.3) is 0 Å². The van der Waals surface area contributed by atoms with E-state index in [0.717, 1.165) is 5.69 Å². The number of hydrogen-bond acceptors (Lipinski definition) is 2. The van der Waals surface area contributed by atoms with E-state index in [1.165, 1.54) is 18.2 Å². The molecule has 1 amide bonds. The molecule has 0 spiro atoms. The van der Waals surface area contributed by atoms with Gasteiger partial charge in [0.1, 0.15) is 5.82 Å². The summed E-state index contributed by atoms with van der Waals surface area (Å²) in [5.74, 6) is -1.23. The number of rotatable bonds is 4. The first-order valence-corrected chi connectivity index (χ1v) is 8.97. The van der Waals surface area contributed by atoms with E-state index in [1.807, 2.05) is 22.8 Å². The van der Waals surface area contributed by atoms with Gasteiger partial charge in [0.25, 0.3) is 0 Å². The first-order chi connectivity index (χ1) is 13.0. The van der Waals surface area contributed by atoms with Crippen molar-refractivity contribution in [2.45, 2.75) is 18.9 Å². The Balaban J connectivity index is 1.58. The Morgan fingerprint density at radius 3 is 2.63 bits per heavy atom. The molecule has 27 heavy (non-hydrogen) atoms. The van der Waals surface area contributed by atoms with Crippen LogP contribution in [0.1, 0.15) is 34.1 Å². The summed E-state index contributed by atoms with van der Waals surface area (Å²) in [5, 5.41) is 2.97. The second kappa shape index (κ2) is 7.00. The molecule has 3 aromatic rings. The highest BCUT2D eigenvalue weighted by molar-refractivity contribution is 6.33. The number of aromatic nitrogens is 1. The third-order valence-corrected chi connectivity index (χ3v) is 5.11. The summed E-state index contributed by atoms with van der Waals surface area (Å²) in [6, 6.07) is 16.4. The van der Waals surface area contributed by atoms with E-state index in [4.69, 9.17) is 11.6 Å². The molecule has 0 saturated carbocycles. The van der Waals surface area contributed by atoms with Gasteiger partial charge in [0.05, 0.1) is 22.3 Å². The van der Waals surface area contributed by atoms with Gasteiger partial charge in [-0.1, -0.05) is 41.9 Å². The molecule has 0 unspecified atom stereocenters. The van der Waals surface area contributed by atoms with Gasteiger partial charge in [-0.05, 0) is 36.8 Å². The predicted octanol–water partition coefficient (Wildman–Crippen LogP) is 4.64. The Bertz CT molecular complexity index is 1030. The highest BCUT2D eigenvalue weighted by atomic mass is 35.5. The zero-order valence-corrected chi connectivity index (χ0v) is 15.0. The van der Waals surface area contributed by atoms with Crippen molar-refractivity contribution in [3.63, 3.8) is 0 Å². The maximum atomic E-state index is 13.4. The summed E-state index contributed by atoms with van der Waals surface area (Å²) >= 11 is 6.03. The molecule has 0 aliphatic carbocycles. The van der Waals surface area contributed by atoms with Crippen molar-refractivity contribution < 1.29 is 14.0 Å². The summed E-state index contributed by atoms with van der Waals surface area (Å²) in [4.78, 5) is 25.4. The maximum absolute atomic E-state index is 13.4. The molecular weight excluding hydrogens is 367 g/mol. The summed E-state index contributed by atoms with van der Waals surface area (Å²) < 4.78 is 15.3. The molecule has 2 aromatic carbocycles. The van der Waals surface area contributed by atoms with Gasteiger partial charge < -0.3 is 9.88 Å². The number of benzene rings is 2. The second-order valence-corrected chi connectivity index (χ2v) is 6.85. The minimum atomic E-state index is -0.472. The Morgan fingerprint density at radius 2 is 1.85 bits per heavy atom. The first-order valence-electron chi connectivity index (χ1n) is 8.59. The third-order valence-electron chi connectivity index (χ3n) is 4.78. The number of amides is 1. The lowest BCUT2D eigenvalue weighted by atomic mass is 10.0. The average Bonchev–Trinajstić information content (AvgIpc) is 3.27. The molecule has 2 heterocycles. The number of anilines is 1. The fourth-order valence-electron chi connectivity index (χ4n) is 3.46. The molecule has 0 radical (unpaired) electrons. The molecule has 1 aliphatic heterocycles. The van der Waals surface area contributed by atoms with Crippen molar-refractivity contribution in [1.29, 1.82) is 0 Å². The fraction of sp³-hybridized carbons (Fsp3) is 0.143. The number of ketones is 1. The van der Waals surface area contributed by atoms with Crippen LogP contribution in [0.15, 0.2) is 60.7 Å². The van der Waals surface area contributed by atoms with Gasteiger partial charge in [-0.2, -0.15) is 0 Å². The average molecular weight is 383 g/mol. The molecule has 6 heteroatoms. The van der Waals surface area contributed by atoms with Crippen molar-refractivity contribution >= 4 is 29.0 Å². The molecule has 1 N–H and O–H groups in total. The van der Waals surface area contributed by atoms with Gasteiger partial charge in [-0.3, -0.25) is 9.59 Å². The number of halogens is 2. The standard InChI is InChI=1S/C21H16ClFN2O2/c22-16-7-6-14(23)12-17(16)24-21(27)15-10-11-25-18(15)8-9-19(25)20(26)13-4-2-1-3-5-13/h1-9,12,15H,10-11H2,(H,24,27)/t15-/m0/s1. The number of nitrogens with zero attached hydrogens (tertiary/aromatic N) is 1. The predicted molar refractivity (Wildman–Crippen MR) is 102 cm³/mol. The van der Waals surface area contributed by atoms with Crippen molar-refractivity contribution in [3.8, 4) is 0 Å². The lowest BCUT2D eigenvalue weighted by Crippen LogP contribution is -2.19. The van der Waals surface area contributed by atoms with Crippen LogP contribution in [0, 0.1) is 5.82 Å². The molecule has 136 valence electrons. The van der Waals surface area contributed by atoms with Crippen LogP contribution in [-0.2, 0) is 11.3 Å². The molecule has 4 rings (SSSR count). The van der Waals surface area contributed by atoms with E-state index in [1.54, 1.807) is 24.3 Å². The van der Waals surface area contributed by atoms with Crippen LogP contribution in [0.2, 0.25) is 5.02 Å². The quantitative estimate of drug-likeness (QED) is 0.668. The van der Waals surface area contributed by atoms with Crippen LogP contribution in [0.5, 0.6) is 0 Å². The zero-order chi connectivity index (χ0) is 19.0. The van der Waals surface area contributed by atoms with E-state index in [2.05, 4.69) is 5.32 Å². The van der Waals surface area contributed by atoms with Gasteiger partial charge in [-0.25, -0.2) is 4.39 Å². The molecule has 1 aliphatic rings. The van der Waals surface area contributed by atoms with Crippen molar-refractivity contribution in [1.82, 2.24) is 4.57 Å². The topological polar surface area (TPSA) is 51.1 Å². The molecule has 1 atom stereocenters. The van der Waals surface area contributed by atoms with Crippen molar-refractivity contribution in [2.24, 2.45) is 0 Å². The van der Waals surface area contributed by atoms with Crippen LogP contribution >= 0.6 is 11.6 Å². The number of nitrogens with one attached hydrogen (secondary N) is 1. The number of hydrogen-bond donors (Lipinski definition) is 1. The minimum Gasteiger partial charge on any atom is -0.341 e. The Morgan fingerprint density at radius 1 is 1.07 bits per heavy atom. The Labute approximate surface area is 160 Å². The lowest BCUT2D eigenvalue weighted by molar-refractivity contribution is -0.117. The van der Waals surface area contributed by atoms with Gasteiger partial charge in [-0.15, -0.1) is 0 Å². The van der Waals surface area contributed by atoms with E-state index in [9.17, 15) is 14.0 Å². The van der Waals surface area contributed by atoms with E-state index in [-0.39, 0.29) is 22.4 Å². The first kappa shape index (κ1) is 17.5. The summed E-state index contributed by atoms with van der Waals surface area (Å²) in [6.45, 7) is 0.575. The summed E-state index contributed by atoms with van der Waals surface area (Å²) in [6.07, 6.45) is 0.573. The van der Waals surface area contributed by atoms with Crippen LogP contribution in [0.4, 0.5) is 10.1 Å². The SMILES string of the molecule is O=C(c1ccccc1)c1ccc2n1CC[C@@H]2C(=O)Nc1cc(F)ccc1Cl. The summed E-state index contributed by atoms with van der Waals surface area (Å²) in [5.41, 5.74) is 2.19. The van der Waals surface area contributed by atoms with Gasteiger partial charge >= 0.3 is 0 Å². The Hall–Kier alpha value is -2.92. The normalized spacial score (nSPS) is 15.4. The van der Waals surface area contributed by atoms with E-state index in [0.29, 0.717) is 24.2 Å². The monoisotopic (exact) mass is 382 g/mol. The van der Waals surface area contributed by atoms with Crippen molar-refractivity contribution in [3.05, 3.63) is 88.5 Å². The zero-order valence-electron chi connectivity index (χ0n) is 14.3. The lowest BCUT2D eigenvalue weighted by Gasteiger charge is -2.12. The molecular formula is C21H16ClFN2O2. The molecule has 0 bridgehead atoms. The largest absolute Gasteiger partial charge is 0.341 e. The highest BCUT2D eigenvalue weighted by Gasteiger charge is 2.32. The smallest absolute Gasteiger partial charge is 0.233 e. The second-order valence-electron chi connectivity index (χ2n) is 6.44. The molecule has 1 aromatic heterocycles. The third kappa shape index (κ3) is 3.26. The van der Waals surface area contributed by atoms with E-state index >= 15 is 0 Å². The number of carbonyl (C=O) groups is 2. The number of carbonyl (C=O) groups excluding carboxylic acids is 2. The van der Waals surface area contributed by atoms with Crippen LogP contribution < -0.4 is 5.32 Å². The van der Waals surface area contributed by atoms with Gasteiger partial charge in [0, 0.05) is 17.8 Å². The van der Waals surface area contributed by atoms with Crippen LogP contribution in [0.3, 0.4) is 0 Å². The van der Waals surface area contributed by atoms with Gasteiger partial charge in [0.15, 0.2) is 0 Å². The van der Waals surface area contributed by atoms with Crippen molar-refractivity contribution in [2.75, 3.05) is 5.32 Å². The number of fused-ring (bicyclic) bond motifs is 1. The summed E-state index contributed by atoms with van der Waals surface area (Å²) in [7, 11) is 0. The maximum Gasteiger partial charge on any atom is 0.233 e. The minimum absolute atomic E-state index is 0.0731.